The molecule has 2 heteroatoms. The van der Waals surface area contributed by atoms with Gasteiger partial charge in [0.1, 0.15) is 6.61 Å². The molecule has 0 heterocycles. The number of rotatable bonds is 5. The highest BCUT2D eigenvalue weighted by atomic mass is 16.5. The number of benzene rings is 1. The number of hydrogen-bond acceptors (Lipinski definition) is 2. The molecule has 0 radical (unpaired) electrons. The summed E-state index contributed by atoms with van der Waals surface area (Å²) in [6.45, 7) is 6.22. The van der Waals surface area contributed by atoms with Gasteiger partial charge in [0.15, 0.2) is 11.5 Å². The van der Waals surface area contributed by atoms with E-state index in [2.05, 4.69) is 13.5 Å². The zero-order chi connectivity index (χ0) is 10.4. The van der Waals surface area contributed by atoms with Crippen molar-refractivity contribution in [2.75, 3.05) is 13.7 Å². The fourth-order valence-electron chi connectivity index (χ4n) is 1.31. The molecule has 0 amide bonds. The van der Waals surface area contributed by atoms with Gasteiger partial charge < -0.3 is 9.47 Å². The van der Waals surface area contributed by atoms with Gasteiger partial charge in [-0.1, -0.05) is 31.7 Å². The topological polar surface area (TPSA) is 18.5 Å². The molecule has 14 heavy (non-hydrogen) atoms. The van der Waals surface area contributed by atoms with Crippen molar-refractivity contribution in [3.8, 4) is 11.5 Å². The Morgan fingerprint density at radius 2 is 2.21 bits per heavy atom. The fourth-order valence-corrected chi connectivity index (χ4v) is 1.31. The standard InChI is InChI=1S/C12H16O2/c1-4-9-14-12-10(5-2)7-6-8-11(12)13-3/h4,6-8H,1,5,9H2,2-3H3. The second-order valence-electron chi connectivity index (χ2n) is 2.90. The highest BCUT2D eigenvalue weighted by Gasteiger charge is 2.07. The molecule has 2 nitrogen and oxygen atoms in total. The molecule has 0 saturated heterocycles. The molecule has 0 atom stereocenters. The Labute approximate surface area is 85.2 Å². The van der Waals surface area contributed by atoms with Crippen molar-refractivity contribution in [1.82, 2.24) is 0 Å². The van der Waals surface area contributed by atoms with E-state index in [9.17, 15) is 0 Å². The van der Waals surface area contributed by atoms with E-state index in [4.69, 9.17) is 9.47 Å². The quantitative estimate of drug-likeness (QED) is 0.668. The molecule has 0 aromatic heterocycles. The van der Waals surface area contributed by atoms with E-state index in [0.717, 1.165) is 23.5 Å². The maximum atomic E-state index is 5.56. The van der Waals surface area contributed by atoms with Crippen LogP contribution in [0.25, 0.3) is 0 Å². The first-order valence-corrected chi connectivity index (χ1v) is 4.73. The summed E-state index contributed by atoms with van der Waals surface area (Å²) in [4.78, 5) is 0. The van der Waals surface area contributed by atoms with Crippen LogP contribution in [-0.2, 0) is 6.42 Å². The predicted molar refractivity (Wildman–Crippen MR) is 58.1 cm³/mol. The van der Waals surface area contributed by atoms with Gasteiger partial charge in [0.2, 0.25) is 0 Å². The van der Waals surface area contributed by atoms with Crippen LogP contribution >= 0.6 is 0 Å². The largest absolute Gasteiger partial charge is 0.493 e. The maximum absolute atomic E-state index is 5.56. The van der Waals surface area contributed by atoms with Gasteiger partial charge in [-0.15, -0.1) is 0 Å². The van der Waals surface area contributed by atoms with E-state index in [-0.39, 0.29) is 0 Å². The van der Waals surface area contributed by atoms with Crippen LogP contribution in [-0.4, -0.2) is 13.7 Å². The summed E-state index contributed by atoms with van der Waals surface area (Å²) < 4.78 is 10.8. The predicted octanol–water partition coefficient (Wildman–Crippen LogP) is 2.82. The molecule has 1 rings (SSSR count). The lowest BCUT2D eigenvalue weighted by Gasteiger charge is -2.12. The van der Waals surface area contributed by atoms with Crippen LogP contribution in [0, 0.1) is 0 Å². The summed E-state index contributed by atoms with van der Waals surface area (Å²) in [5.74, 6) is 1.61. The molecular weight excluding hydrogens is 176 g/mol. The first-order valence-electron chi connectivity index (χ1n) is 4.73. The summed E-state index contributed by atoms with van der Waals surface area (Å²) in [7, 11) is 1.65. The van der Waals surface area contributed by atoms with Gasteiger partial charge in [-0.05, 0) is 18.1 Å². The summed E-state index contributed by atoms with van der Waals surface area (Å²) in [5.41, 5.74) is 1.16. The van der Waals surface area contributed by atoms with Crippen LogP contribution in [0.4, 0.5) is 0 Å². The van der Waals surface area contributed by atoms with E-state index in [1.807, 2.05) is 18.2 Å². The molecule has 0 aliphatic heterocycles. The van der Waals surface area contributed by atoms with Crippen molar-refractivity contribution in [2.45, 2.75) is 13.3 Å². The second kappa shape index (κ2) is 5.32. The molecule has 0 bridgehead atoms. The van der Waals surface area contributed by atoms with Gasteiger partial charge in [0.25, 0.3) is 0 Å². The van der Waals surface area contributed by atoms with Crippen LogP contribution in [0.3, 0.4) is 0 Å². The van der Waals surface area contributed by atoms with Crippen molar-refractivity contribution in [2.24, 2.45) is 0 Å². The SMILES string of the molecule is C=CCOc1c(CC)cccc1OC. The Bertz CT molecular complexity index is 283. The Balaban J connectivity index is 2.99. The molecule has 1 aromatic carbocycles. The second-order valence-corrected chi connectivity index (χ2v) is 2.90. The third-order valence-corrected chi connectivity index (χ3v) is 2.01. The molecular formula is C12H16O2. The van der Waals surface area contributed by atoms with E-state index in [1.54, 1.807) is 13.2 Å². The van der Waals surface area contributed by atoms with Crippen LogP contribution in [0.1, 0.15) is 12.5 Å². The van der Waals surface area contributed by atoms with E-state index < -0.39 is 0 Å². The summed E-state index contributed by atoms with van der Waals surface area (Å²) in [5, 5.41) is 0. The van der Waals surface area contributed by atoms with Gasteiger partial charge in [0, 0.05) is 0 Å². The summed E-state index contributed by atoms with van der Waals surface area (Å²) in [6.07, 6.45) is 2.66. The van der Waals surface area contributed by atoms with Gasteiger partial charge in [-0.25, -0.2) is 0 Å². The smallest absolute Gasteiger partial charge is 0.164 e. The highest BCUT2D eigenvalue weighted by molar-refractivity contribution is 5.46. The molecule has 76 valence electrons. The first kappa shape index (κ1) is 10.6. The van der Waals surface area contributed by atoms with E-state index in [0.29, 0.717) is 6.61 Å². The Morgan fingerprint density at radius 3 is 2.79 bits per heavy atom. The summed E-state index contributed by atoms with van der Waals surface area (Å²) >= 11 is 0. The number of hydrogen-bond donors (Lipinski definition) is 0. The van der Waals surface area contributed by atoms with Crippen molar-refractivity contribution in [1.29, 1.82) is 0 Å². The van der Waals surface area contributed by atoms with Gasteiger partial charge in [-0.2, -0.15) is 0 Å². The molecule has 0 N–H and O–H groups in total. The molecule has 0 aliphatic carbocycles. The van der Waals surface area contributed by atoms with Crippen molar-refractivity contribution in [3.05, 3.63) is 36.4 Å². The molecule has 0 unspecified atom stereocenters. The minimum Gasteiger partial charge on any atom is -0.493 e. The number of ether oxygens (including phenoxy) is 2. The minimum atomic E-state index is 0.507. The molecule has 1 aromatic rings. The number of aryl methyl sites for hydroxylation is 1. The molecule has 0 spiro atoms. The average Bonchev–Trinajstić information content (AvgIpc) is 2.25. The average molecular weight is 192 g/mol. The Kier molecular flexibility index (Phi) is 4.05. The number of methoxy groups -OCH3 is 1. The van der Waals surface area contributed by atoms with Gasteiger partial charge in [0.05, 0.1) is 7.11 Å². The van der Waals surface area contributed by atoms with Gasteiger partial charge >= 0.3 is 0 Å². The van der Waals surface area contributed by atoms with Crippen LogP contribution in [0.2, 0.25) is 0 Å². The zero-order valence-corrected chi connectivity index (χ0v) is 8.75. The molecule has 0 saturated carbocycles. The minimum absolute atomic E-state index is 0.507. The van der Waals surface area contributed by atoms with Crippen molar-refractivity contribution >= 4 is 0 Å². The lowest BCUT2D eigenvalue weighted by molar-refractivity contribution is 0.323. The fraction of sp³-hybridized carbons (Fsp3) is 0.333. The van der Waals surface area contributed by atoms with E-state index in [1.165, 1.54) is 0 Å². The third kappa shape index (κ3) is 2.28. The third-order valence-electron chi connectivity index (χ3n) is 2.01. The van der Waals surface area contributed by atoms with Gasteiger partial charge in [-0.3, -0.25) is 0 Å². The first-order chi connectivity index (χ1) is 6.83. The van der Waals surface area contributed by atoms with Crippen LogP contribution < -0.4 is 9.47 Å². The monoisotopic (exact) mass is 192 g/mol. The van der Waals surface area contributed by atoms with Crippen molar-refractivity contribution in [3.63, 3.8) is 0 Å². The van der Waals surface area contributed by atoms with Crippen LogP contribution in [0.5, 0.6) is 11.5 Å². The number of para-hydroxylation sites is 1. The maximum Gasteiger partial charge on any atom is 0.164 e. The summed E-state index contributed by atoms with van der Waals surface area (Å²) in [6, 6.07) is 5.91. The lowest BCUT2D eigenvalue weighted by Crippen LogP contribution is -1.99. The lowest BCUT2D eigenvalue weighted by atomic mass is 10.1. The normalized spacial score (nSPS) is 9.57. The highest BCUT2D eigenvalue weighted by Crippen LogP contribution is 2.31. The Hall–Kier alpha value is -1.44. The van der Waals surface area contributed by atoms with Crippen molar-refractivity contribution < 1.29 is 9.47 Å². The zero-order valence-electron chi connectivity index (χ0n) is 8.75. The van der Waals surface area contributed by atoms with E-state index >= 15 is 0 Å². The Morgan fingerprint density at radius 1 is 1.43 bits per heavy atom. The molecule has 0 aliphatic rings. The molecule has 0 fully saturated rings. The van der Waals surface area contributed by atoms with Crippen LogP contribution in [0.15, 0.2) is 30.9 Å².